The first-order chi connectivity index (χ1) is 32.1. The minimum Gasteiger partial charge on any atom is -0.493 e. The number of carbonyl (C=O) groups is 3. The fourth-order valence-corrected chi connectivity index (χ4v) is 8.85. The Morgan fingerprint density at radius 2 is 1.21 bits per heavy atom. The first-order valence-corrected chi connectivity index (χ1v) is 22.8. The normalized spacial score (nSPS) is 17.7. The van der Waals surface area contributed by atoms with Crippen LogP contribution in [-0.4, -0.2) is 78.0 Å². The van der Waals surface area contributed by atoms with E-state index >= 15 is 0 Å². The van der Waals surface area contributed by atoms with Gasteiger partial charge in [0.1, 0.15) is 23.0 Å². The zero-order valence-electron chi connectivity index (χ0n) is 38.2. The molecule has 2 aromatic heterocycles. The highest BCUT2D eigenvalue weighted by atomic mass is 16.6. The van der Waals surface area contributed by atoms with Crippen molar-refractivity contribution in [3.05, 3.63) is 143 Å². The van der Waals surface area contributed by atoms with Crippen molar-refractivity contribution in [1.82, 2.24) is 14.9 Å². The summed E-state index contributed by atoms with van der Waals surface area (Å²) in [4.78, 5) is 46.6. The highest BCUT2D eigenvalue weighted by molar-refractivity contribution is 5.75. The zero-order chi connectivity index (χ0) is 46.4. The molecule has 0 radical (unpaired) electrons. The van der Waals surface area contributed by atoms with Crippen molar-refractivity contribution < 1.29 is 47.3 Å². The summed E-state index contributed by atoms with van der Waals surface area (Å²) < 4.78 is 33.7. The fraction of sp³-hybridized carbons (Fsp3) is 0.377. The molecular formula is C53H59N3O10. The number of carbonyl (C=O) groups excluding carboxylic acids is 2. The highest BCUT2D eigenvalue weighted by Gasteiger charge is 2.40. The second-order valence-corrected chi connectivity index (χ2v) is 16.8. The number of hydrogen-bond acceptors (Lipinski definition) is 11. The molecule has 0 bridgehead atoms. The summed E-state index contributed by atoms with van der Waals surface area (Å²) in [6.45, 7) is 7.32. The third-order valence-corrected chi connectivity index (χ3v) is 12.3. The van der Waals surface area contributed by atoms with Crippen LogP contribution in [0.1, 0.15) is 60.2 Å². The van der Waals surface area contributed by atoms with Crippen molar-refractivity contribution in [2.75, 3.05) is 40.0 Å². The molecule has 1 saturated carbocycles. The van der Waals surface area contributed by atoms with Crippen molar-refractivity contribution in [3.8, 4) is 34.4 Å². The van der Waals surface area contributed by atoms with Gasteiger partial charge in [-0.1, -0.05) is 67.1 Å². The summed E-state index contributed by atoms with van der Waals surface area (Å²) in [6, 6.07) is 35.5. The maximum atomic E-state index is 12.1. The number of oxazole rings is 2. The molecule has 8 rings (SSSR count). The standard InChI is InChI=1S/C27H30N2O6.C26H29NO4/c1-3-33-27(32)29-16-21(23(17-29)26(30)31)14-19-8-7-11-22(15-19)34-13-12-24-18(2)35-25(28-24)20-9-5-4-6-10-20;1-18-24(27-25(31-18)20-9-4-3-5-10-20)14-15-30-22-12-6-8-19(17-22)16-21-11-7-13-23(21)26(28)29-2/h4-11,15,21,23H,3,12-14,16-17H2,1-2H3,(H,30,31);3-6,8-10,12,17,21,23H,7,11,13-16H2,1-2H3/t21-,23+;21-,23-/m01/s1. The quantitative estimate of drug-likeness (QED) is 0.0864. The molecule has 66 heavy (non-hydrogen) atoms. The molecule has 4 atom stereocenters. The number of aromatic nitrogens is 2. The summed E-state index contributed by atoms with van der Waals surface area (Å²) in [5.41, 5.74) is 5.85. The van der Waals surface area contributed by atoms with Crippen molar-refractivity contribution in [2.24, 2.45) is 23.7 Å². The van der Waals surface area contributed by atoms with Crippen LogP contribution in [0, 0.1) is 37.5 Å². The number of carboxylic acid groups (broad SMARTS) is 1. The average Bonchev–Trinajstić information content (AvgIpc) is 4.14. The average molecular weight is 898 g/mol. The van der Waals surface area contributed by atoms with E-state index < -0.39 is 18.0 Å². The fourth-order valence-electron chi connectivity index (χ4n) is 8.85. The number of amides is 1. The van der Waals surface area contributed by atoms with Crippen LogP contribution in [0.25, 0.3) is 22.9 Å². The number of methoxy groups -OCH3 is 1. The van der Waals surface area contributed by atoms with Gasteiger partial charge in [-0.25, -0.2) is 14.8 Å². The number of aryl methyl sites for hydroxylation is 2. The summed E-state index contributed by atoms with van der Waals surface area (Å²) in [5, 5.41) is 9.65. The molecule has 13 heteroatoms. The second kappa shape index (κ2) is 22.8. The van der Waals surface area contributed by atoms with Crippen LogP contribution in [0.3, 0.4) is 0 Å². The van der Waals surface area contributed by atoms with Crippen LogP contribution >= 0.6 is 0 Å². The van der Waals surface area contributed by atoms with Crippen LogP contribution in [0.4, 0.5) is 4.79 Å². The molecule has 1 saturated heterocycles. The Morgan fingerprint density at radius 1 is 0.682 bits per heavy atom. The van der Waals surface area contributed by atoms with Gasteiger partial charge in [0.15, 0.2) is 0 Å². The van der Waals surface area contributed by atoms with Crippen molar-refractivity contribution in [2.45, 2.75) is 65.7 Å². The monoisotopic (exact) mass is 897 g/mol. The molecule has 346 valence electrons. The smallest absolute Gasteiger partial charge is 0.409 e. The molecule has 1 amide bonds. The lowest BCUT2D eigenvalue weighted by atomic mass is 9.89. The Morgan fingerprint density at radius 3 is 1.71 bits per heavy atom. The van der Waals surface area contributed by atoms with Gasteiger partial charge in [0.05, 0.1) is 50.2 Å². The van der Waals surface area contributed by atoms with Gasteiger partial charge < -0.3 is 37.8 Å². The summed E-state index contributed by atoms with van der Waals surface area (Å²) in [5.74, 6) is 2.96. The Bertz CT molecular complexity index is 2520. The van der Waals surface area contributed by atoms with Crippen LogP contribution < -0.4 is 9.47 Å². The molecule has 4 aromatic carbocycles. The molecule has 0 unspecified atom stereocenters. The Labute approximate surface area is 386 Å². The number of benzene rings is 4. The second-order valence-electron chi connectivity index (χ2n) is 16.8. The van der Waals surface area contributed by atoms with Crippen molar-refractivity contribution >= 4 is 18.0 Å². The highest BCUT2D eigenvalue weighted by Crippen LogP contribution is 2.36. The lowest BCUT2D eigenvalue weighted by Gasteiger charge is -2.17. The molecule has 2 aliphatic rings. The predicted octanol–water partition coefficient (Wildman–Crippen LogP) is 10.0. The Balaban J connectivity index is 0.000000198. The minimum absolute atomic E-state index is 0.0172. The third kappa shape index (κ3) is 12.5. The molecule has 0 spiro atoms. The summed E-state index contributed by atoms with van der Waals surface area (Å²) >= 11 is 0. The number of aliphatic carboxylic acids is 1. The van der Waals surface area contributed by atoms with E-state index in [1.165, 1.54) is 17.6 Å². The lowest BCUT2D eigenvalue weighted by Crippen LogP contribution is -2.30. The van der Waals surface area contributed by atoms with Gasteiger partial charge in [-0.3, -0.25) is 9.59 Å². The zero-order valence-corrected chi connectivity index (χ0v) is 38.2. The SMILES string of the molecule is CCOC(=O)N1C[C@H](Cc2cccc(OCCc3nc(-c4ccccc4)oc3C)c2)[C@H](C(=O)O)C1.COC(=O)[C@@H]1CCC[C@@H]1Cc1cccc(OCCc2nc(-c3ccccc3)oc2C)c1. The maximum Gasteiger partial charge on any atom is 0.409 e. The Kier molecular flexibility index (Phi) is 16.3. The first kappa shape index (κ1) is 47.1. The van der Waals surface area contributed by atoms with Crippen LogP contribution in [-0.2, 0) is 44.7 Å². The Hall–Kier alpha value is -6.89. The largest absolute Gasteiger partial charge is 0.493 e. The molecule has 3 heterocycles. The van der Waals surface area contributed by atoms with Gasteiger partial charge in [-0.05, 0) is 118 Å². The van der Waals surface area contributed by atoms with E-state index in [0.717, 1.165) is 71.0 Å². The van der Waals surface area contributed by atoms with E-state index in [4.69, 9.17) is 27.8 Å². The molecule has 6 aromatic rings. The third-order valence-electron chi connectivity index (χ3n) is 12.3. The number of carboxylic acids is 1. The van der Waals surface area contributed by atoms with E-state index in [9.17, 15) is 19.5 Å². The topological polar surface area (TPSA) is 164 Å². The van der Waals surface area contributed by atoms with E-state index in [-0.39, 0.29) is 31.0 Å². The van der Waals surface area contributed by atoms with Gasteiger partial charge in [-0.2, -0.15) is 0 Å². The van der Waals surface area contributed by atoms with Crippen LogP contribution in [0.2, 0.25) is 0 Å². The molecular weight excluding hydrogens is 839 g/mol. The summed E-state index contributed by atoms with van der Waals surface area (Å²) in [7, 11) is 1.48. The maximum absolute atomic E-state index is 12.1. The van der Waals surface area contributed by atoms with E-state index in [2.05, 4.69) is 22.1 Å². The van der Waals surface area contributed by atoms with Crippen molar-refractivity contribution in [3.63, 3.8) is 0 Å². The molecule has 2 fully saturated rings. The molecule has 1 aliphatic carbocycles. The van der Waals surface area contributed by atoms with Crippen molar-refractivity contribution in [1.29, 1.82) is 0 Å². The van der Waals surface area contributed by atoms with Gasteiger partial charge in [0.25, 0.3) is 0 Å². The predicted molar refractivity (Wildman–Crippen MR) is 248 cm³/mol. The minimum atomic E-state index is -0.896. The summed E-state index contributed by atoms with van der Waals surface area (Å²) in [6.07, 6.45) is 5.31. The number of hydrogen-bond donors (Lipinski definition) is 1. The van der Waals surface area contributed by atoms with E-state index in [1.807, 2.05) is 111 Å². The molecule has 1 N–H and O–H groups in total. The number of rotatable bonds is 17. The number of likely N-dealkylation sites (tertiary alicyclic amines) is 1. The lowest BCUT2D eigenvalue weighted by molar-refractivity contribution is -0.146. The molecule has 1 aliphatic heterocycles. The van der Waals surface area contributed by atoms with Crippen LogP contribution in [0.15, 0.2) is 118 Å². The molecule has 13 nitrogen and oxygen atoms in total. The number of nitrogens with zero attached hydrogens (tertiary/aromatic N) is 3. The van der Waals surface area contributed by atoms with Gasteiger partial charge in [0, 0.05) is 37.1 Å². The van der Waals surface area contributed by atoms with Gasteiger partial charge in [-0.15, -0.1) is 0 Å². The van der Waals surface area contributed by atoms with E-state index in [0.29, 0.717) is 62.5 Å². The van der Waals surface area contributed by atoms with Crippen LogP contribution in [0.5, 0.6) is 11.5 Å². The van der Waals surface area contributed by atoms with E-state index in [1.54, 1.807) is 6.92 Å². The van der Waals surface area contributed by atoms with Gasteiger partial charge in [0.2, 0.25) is 11.8 Å². The first-order valence-electron chi connectivity index (χ1n) is 22.8. The number of ether oxygens (including phenoxy) is 4. The van der Waals surface area contributed by atoms with Gasteiger partial charge >= 0.3 is 18.0 Å². The number of esters is 1.